The highest BCUT2D eigenvalue weighted by atomic mass is 19.4. The van der Waals surface area contributed by atoms with Gasteiger partial charge in [-0.3, -0.25) is 0 Å². The molecule has 2 heterocycles. The second-order valence-corrected chi connectivity index (χ2v) is 5.45. The monoisotopic (exact) mass is 377 g/mol. The van der Waals surface area contributed by atoms with Crippen LogP contribution in [0.15, 0.2) is 48.7 Å². The molecule has 27 heavy (non-hydrogen) atoms. The molecule has 0 unspecified atom stereocenters. The van der Waals surface area contributed by atoms with Crippen LogP contribution in [-0.2, 0) is 10.9 Å². The van der Waals surface area contributed by atoms with Crippen LogP contribution in [0.25, 0.3) is 17.1 Å². The highest BCUT2D eigenvalue weighted by Crippen LogP contribution is 2.34. The number of alkyl halides is 3. The summed E-state index contributed by atoms with van der Waals surface area (Å²) in [5.74, 6) is -0.131. The predicted octanol–water partition coefficient (Wildman–Crippen LogP) is 3.75. The van der Waals surface area contributed by atoms with Crippen LogP contribution in [0, 0.1) is 0 Å². The minimum Gasteiger partial charge on any atom is -0.497 e. The van der Waals surface area contributed by atoms with Crippen molar-refractivity contribution in [2.75, 3.05) is 14.2 Å². The average molecular weight is 377 g/mol. The van der Waals surface area contributed by atoms with Gasteiger partial charge < -0.3 is 9.47 Å². The van der Waals surface area contributed by atoms with Crippen molar-refractivity contribution in [2.24, 2.45) is 0 Å². The Labute approximate surface area is 152 Å². The standard InChI is InChI=1S/C18H14F3N3O3/c1-26-13-6-3-11(4-7-13)14-9-15(18(19,20)21)24(23-14)16-8-5-12(10-22-16)17(25)27-2/h3-10H,1-2H3. The normalized spacial score (nSPS) is 11.3. The van der Waals surface area contributed by atoms with E-state index in [1.165, 1.54) is 26.4 Å². The summed E-state index contributed by atoms with van der Waals surface area (Å²) < 4.78 is 50.7. The number of esters is 1. The fourth-order valence-electron chi connectivity index (χ4n) is 2.41. The number of pyridine rings is 1. The molecule has 0 bridgehead atoms. The molecule has 0 radical (unpaired) electrons. The quantitative estimate of drug-likeness (QED) is 0.648. The Balaban J connectivity index is 2.05. The van der Waals surface area contributed by atoms with Crippen LogP contribution < -0.4 is 4.74 Å². The molecule has 0 amide bonds. The number of rotatable bonds is 4. The summed E-state index contributed by atoms with van der Waals surface area (Å²) >= 11 is 0. The number of carbonyl (C=O) groups excluding carboxylic acids is 1. The van der Waals surface area contributed by atoms with Gasteiger partial charge in [0.2, 0.25) is 0 Å². The summed E-state index contributed by atoms with van der Waals surface area (Å²) in [5, 5.41) is 4.04. The summed E-state index contributed by atoms with van der Waals surface area (Å²) in [6.45, 7) is 0. The predicted molar refractivity (Wildman–Crippen MR) is 89.7 cm³/mol. The Bertz CT molecular complexity index is 949. The van der Waals surface area contributed by atoms with Crippen molar-refractivity contribution < 1.29 is 27.4 Å². The largest absolute Gasteiger partial charge is 0.497 e. The number of carbonyl (C=O) groups is 1. The maximum Gasteiger partial charge on any atom is 0.433 e. The summed E-state index contributed by atoms with van der Waals surface area (Å²) in [6, 6.07) is 10.0. The molecule has 0 aliphatic rings. The number of methoxy groups -OCH3 is 2. The van der Waals surface area contributed by atoms with Gasteiger partial charge in [0, 0.05) is 11.8 Å². The van der Waals surface area contributed by atoms with Crippen LogP contribution >= 0.6 is 0 Å². The fraction of sp³-hybridized carbons (Fsp3) is 0.167. The SMILES string of the molecule is COC(=O)c1ccc(-n2nc(-c3ccc(OC)cc3)cc2C(F)(F)F)nc1. The van der Waals surface area contributed by atoms with E-state index in [1.807, 2.05) is 0 Å². The van der Waals surface area contributed by atoms with Gasteiger partial charge in [0.15, 0.2) is 11.5 Å². The van der Waals surface area contributed by atoms with E-state index in [-0.39, 0.29) is 17.1 Å². The van der Waals surface area contributed by atoms with Gasteiger partial charge in [-0.1, -0.05) is 0 Å². The van der Waals surface area contributed by atoms with Gasteiger partial charge in [-0.25, -0.2) is 14.5 Å². The average Bonchev–Trinajstić information content (AvgIpc) is 3.13. The van der Waals surface area contributed by atoms with Crippen molar-refractivity contribution in [1.82, 2.24) is 14.8 Å². The first-order chi connectivity index (χ1) is 12.8. The van der Waals surface area contributed by atoms with Crippen LogP contribution in [-0.4, -0.2) is 35.0 Å². The number of hydrogen-bond acceptors (Lipinski definition) is 5. The lowest BCUT2D eigenvalue weighted by atomic mass is 10.1. The molecular formula is C18H14F3N3O3. The first-order valence-corrected chi connectivity index (χ1v) is 7.70. The lowest BCUT2D eigenvalue weighted by molar-refractivity contribution is -0.142. The lowest BCUT2D eigenvalue weighted by Gasteiger charge is -2.09. The van der Waals surface area contributed by atoms with Crippen molar-refractivity contribution >= 4 is 5.97 Å². The molecule has 6 nitrogen and oxygen atoms in total. The van der Waals surface area contributed by atoms with E-state index >= 15 is 0 Å². The first kappa shape index (κ1) is 18.4. The number of nitrogens with zero attached hydrogens (tertiary/aromatic N) is 3. The maximum absolute atomic E-state index is 13.5. The van der Waals surface area contributed by atoms with E-state index in [0.717, 1.165) is 12.3 Å². The summed E-state index contributed by atoms with van der Waals surface area (Å²) in [5.41, 5.74) is -0.237. The molecule has 0 N–H and O–H groups in total. The van der Waals surface area contributed by atoms with Crippen molar-refractivity contribution in [3.8, 4) is 22.8 Å². The van der Waals surface area contributed by atoms with Gasteiger partial charge in [0.25, 0.3) is 0 Å². The maximum atomic E-state index is 13.5. The van der Waals surface area contributed by atoms with E-state index < -0.39 is 17.8 Å². The molecule has 3 rings (SSSR count). The zero-order valence-corrected chi connectivity index (χ0v) is 14.3. The highest BCUT2D eigenvalue weighted by Gasteiger charge is 2.36. The Morgan fingerprint density at radius 2 is 1.78 bits per heavy atom. The second kappa shape index (κ2) is 7.10. The zero-order valence-electron chi connectivity index (χ0n) is 14.3. The summed E-state index contributed by atoms with van der Waals surface area (Å²) in [6.07, 6.45) is -3.50. The van der Waals surface area contributed by atoms with Gasteiger partial charge in [0.1, 0.15) is 5.75 Å². The van der Waals surface area contributed by atoms with E-state index in [9.17, 15) is 18.0 Å². The molecule has 0 saturated carbocycles. The smallest absolute Gasteiger partial charge is 0.433 e. The van der Waals surface area contributed by atoms with Gasteiger partial charge in [-0.2, -0.15) is 18.3 Å². The summed E-state index contributed by atoms with van der Waals surface area (Å²) in [7, 11) is 2.70. The minimum atomic E-state index is -4.64. The summed E-state index contributed by atoms with van der Waals surface area (Å²) in [4.78, 5) is 15.4. The Hall–Kier alpha value is -3.36. The number of ether oxygens (including phenoxy) is 2. The molecule has 140 valence electrons. The van der Waals surface area contributed by atoms with Crippen molar-refractivity contribution in [3.63, 3.8) is 0 Å². The van der Waals surface area contributed by atoms with E-state index in [2.05, 4.69) is 14.8 Å². The third kappa shape index (κ3) is 3.76. The van der Waals surface area contributed by atoms with Gasteiger partial charge in [-0.05, 0) is 42.5 Å². The van der Waals surface area contributed by atoms with Gasteiger partial charge in [-0.15, -0.1) is 0 Å². The molecule has 1 aromatic carbocycles. The highest BCUT2D eigenvalue weighted by molar-refractivity contribution is 5.88. The molecule has 0 aliphatic heterocycles. The van der Waals surface area contributed by atoms with Crippen LogP contribution in [0.1, 0.15) is 16.1 Å². The lowest BCUT2D eigenvalue weighted by Crippen LogP contribution is -2.14. The molecule has 0 spiro atoms. The Morgan fingerprint density at radius 1 is 1.07 bits per heavy atom. The third-order valence-corrected chi connectivity index (χ3v) is 3.77. The molecule has 3 aromatic rings. The van der Waals surface area contributed by atoms with Gasteiger partial charge >= 0.3 is 12.1 Å². The Kier molecular flexibility index (Phi) is 4.85. The fourth-order valence-corrected chi connectivity index (χ4v) is 2.41. The van der Waals surface area contributed by atoms with E-state index in [1.54, 1.807) is 24.3 Å². The number of hydrogen-bond donors (Lipinski definition) is 0. The molecule has 0 fully saturated rings. The molecule has 0 atom stereocenters. The number of aromatic nitrogens is 3. The molecule has 2 aromatic heterocycles. The molecule has 0 aliphatic carbocycles. The van der Waals surface area contributed by atoms with Crippen LogP contribution in [0.3, 0.4) is 0 Å². The molecular weight excluding hydrogens is 363 g/mol. The Morgan fingerprint density at radius 3 is 2.30 bits per heavy atom. The van der Waals surface area contributed by atoms with Crippen molar-refractivity contribution in [1.29, 1.82) is 0 Å². The molecule has 0 saturated heterocycles. The number of benzene rings is 1. The van der Waals surface area contributed by atoms with E-state index in [0.29, 0.717) is 16.0 Å². The third-order valence-electron chi connectivity index (χ3n) is 3.77. The van der Waals surface area contributed by atoms with Crippen LogP contribution in [0.5, 0.6) is 5.75 Å². The van der Waals surface area contributed by atoms with Crippen LogP contribution in [0.4, 0.5) is 13.2 Å². The first-order valence-electron chi connectivity index (χ1n) is 7.70. The molecule has 9 heteroatoms. The topological polar surface area (TPSA) is 66.2 Å². The minimum absolute atomic E-state index is 0.0743. The second-order valence-electron chi connectivity index (χ2n) is 5.45. The van der Waals surface area contributed by atoms with Crippen LogP contribution in [0.2, 0.25) is 0 Å². The van der Waals surface area contributed by atoms with Crippen molar-refractivity contribution in [3.05, 3.63) is 59.9 Å². The number of halogens is 3. The van der Waals surface area contributed by atoms with Crippen molar-refractivity contribution in [2.45, 2.75) is 6.18 Å². The van der Waals surface area contributed by atoms with Gasteiger partial charge in [0.05, 0.1) is 25.5 Å². The van der Waals surface area contributed by atoms with E-state index in [4.69, 9.17) is 4.74 Å². The zero-order chi connectivity index (χ0) is 19.6.